The third kappa shape index (κ3) is 3.56. The Morgan fingerprint density at radius 1 is 1.32 bits per heavy atom. The van der Waals surface area contributed by atoms with Gasteiger partial charge in [-0.2, -0.15) is 5.10 Å². The van der Waals surface area contributed by atoms with Crippen LogP contribution < -0.4 is 5.32 Å². The van der Waals surface area contributed by atoms with E-state index in [0.717, 1.165) is 12.8 Å². The molecule has 2 atom stereocenters. The number of carboxylic acid groups (broad SMARTS) is 1. The fourth-order valence-electron chi connectivity index (χ4n) is 2.60. The summed E-state index contributed by atoms with van der Waals surface area (Å²) in [5, 5.41) is 16.0. The van der Waals surface area contributed by atoms with Crippen LogP contribution in [-0.4, -0.2) is 33.3 Å². The Bertz CT molecular complexity index is 430. The summed E-state index contributed by atoms with van der Waals surface area (Å²) in [6.07, 6.45) is 6.61. The molecule has 104 valence electrons. The van der Waals surface area contributed by atoms with Crippen molar-refractivity contribution in [2.75, 3.05) is 6.54 Å². The summed E-state index contributed by atoms with van der Waals surface area (Å²) < 4.78 is 1.73. The predicted octanol–water partition coefficient (Wildman–Crippen LogP) is 0.890. The van der Waals surface area contributed by atoms with Crippen LogP contribution in [0.4, 0.5) is 0 Å². The molecule has 1 aromatic rings. The molecule has 0 bridgehead atoms. The van der Waals surface area contributed by atoms with Gasteiger partial charge < -0.3 is 10.4 Å². The Morgan fingerprint density at radius 3 is 2.68 bits per heavy atom. The quantitative estimate of drug-likeness (QED) is 0.828. The first kappa shape index (κ1) is 13.6. The fourth-order valence-corrected chi connectivity index (χ4v) is 2.60. The van der Waals surface area contributed by atoms with E-state index in [9.17, 15) is 9.59 Å². The molecule has 6 nitrogen and oxygen atoms in total. The number of rotatable bonds is 5. The first-order valence-electron chi connectivity index (χ1n) is 6.66. The van der Waals surface area contributed by atoms with Gasteiger partial charge in [0.1, 0.15) is 0 Å². The van der Waals surface area contributed by atoms with Crippen molar-refractivity contribution >= 4 is 11.9 Å². The third-order valence-corrected chi connectivity index (χ3v) is 3.62. The zero-order chi connectivity index (χ0) is 13.7. The van der Waals surface area contributed by atoms with Gasteiger partial charge >= 0.3 is 5.97 Å². The van der Waals surface area contributed by atoms with Gasteiger partial charge in [0.2, 0.25) is 5.91 Å². The van der Waals surface area contributed by atoms with Crippen LogP contribution >= 0.6 is 0 Å². The second-order valence-corrected chi connectivity index (χ2v) is 4.90. The second kappa shape index (κ2) is 6.36. The van der Waals surface area contributed by atoms with Crippen molar-refractivity contribution in [1.82, 2.24) is 15.1 Å². The fraction of sp³-hybridized carbons (Fsp3) is 0.615. The lowest BCUT2D eigenvalue weighted by molar-refractivity contribution is -0.148. The first-order chi connectivity index (χ1) is 9.18. The van der Waals surface area contributed by atoms with Crippen molar-refractivity contribution in [3.8, 4) is 0 Å². The molecule has 0 saturated heterocycles. The van der Waals surface area contributed by atoms with Crippen LogP contribution in [0.15, 0.2) is 18.5 Å². The van der Waals surface area contributed by atoms with Gasteiger partial charge in [-0.3, -0.25) is 14.3 Å². The number of nitrogens with one attached hydrogen (secondary N) is 1. The SMILES string of the molecule is O=C(O)C1CCCCC1C(=O)NCCn1cccn1. The highest BCUT2D eigenvalue weighted by atomic mass is 16.4. The first-order valence-corrected chi connectivity index (χ1v) is 6.66. The van der Waals surface area contributed by atoms with E-state index in [1.54, 1.807) is 10.9 Å². The Kier molecular flexibility index (Phi) is 4.54. The van der Waals surface area contributed by atoms with E-state index in [1.807, 2.05) is 12.3 Å². The molecule has 1 aromatic heterocycles. The Labute approximate surface area is 111 Å². The molecular formula is C13H19N3O3. The van der Waals surface area contributed by atoms with Crippen LogP contribution in [0.3, 0.4) is 0 Å². The zero-order valence-corrected chi connectivity index (χ0v) is 10.8. The summed E-state index contributed by atoms with van der Waals surface area (Å²) in [6.45, 7) is 1.08. The third-order valence-electron chi connectivity index (χ3n) is 3.62. The summed E-state index contributed by atoms with van der Waals surface area (Å²) in [6, 6.07) is 1.82. The summed E-state index contributed by atoms with van der Waals surface area (Å²) in [5.41, 5.74) is 0. The molecule has 0 radical (unpaired) electrons. The number of carboxylic acids is 1. The van der Waals surface area contributed by atoms with Gasteiger partial charge in [-0.15, -0.1) is 0 Å². The van der Waals surface area contributed by atoms with Crippen LogP contribution in [0.5, 0.6) is 0 Å². The van der Waals surface area contributed by atoms with Crippen molar-refractivity contribution in [3.05, 3.63) is 18.5 Å². The lowest BCUT2D eigenvalue weighted by Gasteiger charge is -2.27. The summed E-state index contributed by atoms with van der Waals surface area (Å²) in [4.78, 5) is 23.2. The zero-order valence-electron chi connectivity index (χ0n) is 10.8. The van der Waals surface area contributed by atoms with E-state index in [0.29, 0.717) is 25.9 Å². The van der Waals surface area contributed by atoms with Gasteiger partial charge in [-0.05, 0) is 18.9 Å². The molecule has 6 heteroatoms. The van der Waals surface area contributed by atoms with E-state index >= 15 is 0 Å². The molecule has 1 amide bonds. The van der Waals surface area contributed by atoms with Gasteiger partial charge in [0.05, 0.1) is 18.4 Å². The molecule has 1 aliphatic rings. The molecule has 2 rings (SSSR count). The van der Waals surface area contributed by atoms with Gasteiger partial charge in [-0.1, -0.05) is 12.8 Å². The van der Waals surface area contributed by atoms with Crippen LogP contribution in [0.25, 0.3) is 0 Å². The van der Waals surface area contributed by atoms with Crippen LogP contribution in [0.1, 0.15) is 25.7 Å². The molecule has 0 aliphatic heterocycles. The number of carbonyl (C=O) groups excluding carboxylic acids is 1. The number of hydrogen-bond acceptors (Lipinski definition) is 3. The lowest BCUT2D eigenvalue weighted by Crippen LogP contribution is -2.40. The van der Waals surface area contributed by atoms with E-state index in [2.05, 4.69) is 10.4 Å². The highest BCUT2D eigenvalue weighted by Gasteiger charge is 2.35. The monoisotopic (exact) mass is 265 g/mol. The summed E-state index contributed by atoms with van der Waals surface area (Å²) in [7, 11) is 0. The number of hydrogen-bond donors (Lipinski definition) is 2. The van der Waals surface area contributed by atoms with Crippen molar-refractivity contribution in [2.24, 2.45) is 11.8 Å². The van der Waals surface area contributed by atoms with E-state index in [-0.39, 0.29) is 11.8 Å². The molecular weight excluding hydrogens is 246 g/mol. The number of aromatic nitrogens is 2. The molecule has 2 N–H and O–H groups in total. The van der Waals surface area contributed by atoms with E-state index in [4.69, 9.17) is 5.11 Å². The number of aliphatic carboxylic acids is 1. The molecule has 0 aromatic carbocycles. The molecule has 19 heavy (non-hydrogen) atoms. The van der Waals surface area contributed by atoms with Crippen molar-refractivity contribution in [3.63, 3.8) is 0 Å². The number of nitrogens with zero attached hydrogens (tertiary/aromatic N) is 2. The largest absolute Gasteiger partial charge is 0.481 e. The van der Waals surface area contributed by atoms with Crippen molar-refractivity contribution in [2.45, 2.75) is 32.2 Å². The standard InChI is InChI=1S/C13H19N3O3/c17-12(14-7-9-16-8-3-6-15-16)10-4-1-2-5-11(10)13(18)19/h3,6,8,10-11H,1-2,4-5,7,9H2,(H,14,17)(H,18,19). The summed E-state index contributed by atoms with van der Waals surface area (Å²) >= 11 is 0. The average molecular weight is 265 g/mol. The Morgan fingerprint density at radius 2 is 2.05 bits per heavy atom. The minimum atomic E-state index is -0.855. The molecule has 1 fully saturated rings. The smallest absolute Gasteiger partial charge is 0.307 e. The van der Waals surface area contributed by atoms with Crippen molar-refractivity contribution < 1.29 is 14.7 Å². The van der Waals surface area contributed by atoms with Crippen LogP contribution in [-0.2, 0) is 16.1 Å². The maximum Gasteiger partial charge on any atom is 0.307 e. The van der Waals surface area contributed by atoms with E-state index < -0.39 is 11.9 Å². The highest BCUT2D eigenvalue weighted by Crippen LogP contribution is 2.30. The minimum Gasteiger partial charge on any atom is -0.481 e. The Balaban J connectivity index is 1.82. The van der Waals surface area contributed by atoms with Gasteiger partial charge in [0.25, 0.3) is 0 Å². The number of amides is 1. The lowest BCUT2D eigenvalue weighted by atomic mass is 9.79. The molecule has 0 spiro atoms. The second-order valence-electron chi connectivity index (χ2n) is 4.90. The molecule has 1 saturated carbocycles. The molecule has 2 unspecified atom stereocenters. The maximum atomic E-state index is 12.0. The predicted molar refractivity (Wildman–Crippen MR) is 68.3 cm³/mol. The summed E-state index contributed by atoms with van der Waals surface area (Å²) in [5.74, 6) is -1.91. The topological polar surface area (TPSA) is 84.2 Å². The molecule has 1 aliphatic carbocycles. The number of carbonyl (C=O) groups is 2. The van der Waals surface area contributed by atoms with Gasteiger partial charge in [0, 0.05) is 18.9 Å². The normalized spacial score (nSPS) is 22.9. The van der Waals surface area contributed by atoms with Crippen LogP contribution in [0.2, 0.25) is 0 Å². The maximum absolute atomic E-state index is 12.0. The van der Waals surface area contributed by atoms with E-state index in [1.165, 1.54) is 0 Å². The molecule has 1 heterocycles. The van der Waals surface area contributed by atoms with Crippen LogP contribution in [0, 0.1) is 11.8 Å². The van der Waals surface area contributed by atoms with Gasteiger partial charge in [-0.25, -0.2) is 0 Å². The minimum absolute atomic E-state index is 0.140. The highest BCUT2D eigenvalue weighted by molar-refractivity contribution is 5.84. The average Bonchev–Trinajstić information content (AvgIpc) is 2.91. The Hall–Kier alpha value is -1.85. The van der Waals surface area contributed by atoms with Gasteiger partial charge in [0.15, 0.2) is 0 Å². The van der Waals surface area contributed by atoms with Crippen molar-refractivity contribution in [1.29, 1.82) is 0 Å².